The highest BCUT2D eigenvalue weighted by Gasteiger charge is 2.14. The van der Waals surface area contributed by atoms with Crippen LogP contribution in [0, 0.1) is 11.3 Å². The van der Waals surface area contributed by atoms with Gasteiger partial charge in [-0.1, -0.05) is 17.7 Å². The molecule has 3 aromatic heterocycles. The van der Waals surface area contributed by atoms with E-state index in [1.807, 2.05) is 6.07 Å². The molecule has 30 heavy (non-hydrogen) atoms. The largest absolute Gasteiger partial charge is 0.383 e. The monoisotopic (exact) mass is 420 g/mol. The van der Waals surface area contributed by atoms with Crippen LogP contribution in [-0.2, 0) is 4.74 Å². The molecule has 1 aromatic carbocycles. The maximum absolute atomic E-state index is 9.46. The van der Waals surface area contributed by atoms with Gasteiger partial charge in [-0.3, -0.25) is 0 Å². The lowest BCUT2D eigenvalue weighted by Crippen LogP contribution is -2.09. The molecule has 0 aliphatic rings. The number of hydrogen-bond acceptors (Lipinski definition) is 8. The number of hydrogen-bond donors (Lipinski definition) is 2. The molecule has 0 unspecified atom stereocenters. The summed E-state index contributed by atoms with van der Waals surface area (Å²) in [6, 6.07) is 10.9. The van der Waals surface area contributed by atoms with Crippen LogP contribution in [0.3, 0.4) is 0 Å². The van der Waals surface area contributed by atoms with E-state index < -0.39 is 0 Å². The molecule has 0 radical (unpaired) electrons. The molecule has 0 spiro atoms. The zero-order valence-corrected chi connectivity index (χ0v) is 16.8. The summed E-state index contributed by atoms with van der Waals surface area (Å²) in [6.07, 6.45) is 4.84. The lowest BCUT2D eigenvalue weighted by Gasteiger charge is -2.10. The van der Waals surface area contributed by atoms with Crippen LogP contribution in [0.5, 0.6) is 0 Å². The van der Waals surface area contributed by atoms with Gasteiger partial charge < -0.3 is 15.4 Å². The third-order valence-corrected chi connectivity index (χ3v) is 4.61. The summed E-state index contributed by atoms with van der Waals surface area (Å²) in [5, 5.41) is 21.4. The second kappa shape index (κ2) is 8.73. The Morgan fingerprint density at radius 1 is 1.13 bits per heavy atom. The van der Waals surface area contributed by atoms with Gasteiger partial charge in [0.2, 0.25) is 0 Å². The number of nitriles is 1. The average Bonchev–Trinajstić information content (AvgIpc) is 3.17. The summed E-state index contributed by atoms with van der Waals surface area (Å²) in [4.78, 5) is 12.8. The summed E-state index contributed by atoms with van der Waals surface area (Å²) >= 11 is 6.36. The van der Waals surface area contributed by atoms with E-state index in [4.69, 9.17) is 16.3 Å². The Labute approximate surface area is 177 Å². The first-order valence-corrected chi connectivity index (χ1v) is 9.42. The van der Waals surface area contributed by atoms with Crippen molar-refractivity contribution in [1.29, 1.82) is 5.26 Å². The van der Waals surface area contributed by atoms with E-state index in [0.29, 0.717) is 46.9 Å². The Morgan fingerprint density at radius 2 is 1.97 bits per heavy atom. The van der Waals surface area contributed by atoms with Gasteiger partial charge in [-0.2, -0.15) is 10.4 Å². The van der Waals surface area contributed by atoms with E-state index in [1.165, 1.54) is 6.33 Å². The molecule has 10 heteroatoms. The minimum absolute atomic E-state index is 0.432. The minimum atomic E-state index is 0.432. The number of benzene rings is 1. The summed E-state index contributed by atoms with van der Waals surface area (Å²) in [5.74, 6) is 1.82. The first kappa shape index (κ1) is 19.6. The number of nitrogens with one attached hydrogen (secondary N) is 2. The fourth-order valence-corrected chi connectivity index (χ4v) is 3.18. The van der Waals surface area contributed by atoms with Crippen molar-refractivity contribution in [3.8, 4) is 11.8 Å². The van der Waals surface area contributed by atoms with Gasteiger partial charge in [0, 0.05) is 37.4 Å². The van der Waals surface area contributed by atoms with E-state index >= 15 is 0 Å². The van der Waals surface area contributed by atoms with Gasteiger partial charge >= 0.3 is 0 Å². The molecule has 9 nitrogen and oxygen atoms in total. The number of para-hydroxylation sites is 1. The van der Waals surface area contributed by atoms with E-state index in [2.05, 4.69) is 36.8 Å². The summed E-state index contributed by atoms with van der Waals surface area (Å²) in [5.41, 5.74) is 1.71. The molecular formula is C20H17ClN8O. The molecule has 0 amide bonds. The topological polar surface area (TPSA) is 114 Å². The second-order valence-corrected chi connectivity index (χ2v) is 6.67. The minimum Gasteiger partial charge on any atom is -0.383 e. The van der Waals surface area contributed by atoms with Crippen molar-refractivity contribution >= 4 is 40.0 Å². The number of aromatic nitrogens is 5. The second-order valence-electron chi connectivity index (χ2n) is 6.27. The molecule has 0 bridgehead atoms. The van der Waals surface area contributed by atoms with Gasteiger partial charge in [-0.05, 0) is 12.1 Å². The van der Waals surface area contributed by atoms with Crippen molar-refractivity contribution in [2.24, 2.45) is 0 Å². The van der Waals surface area contributed by atoms with E-state index in [9.17, 15) is 5.26 Å². The third kappa shape index (κ3) is 4.00. The normalized spacial score (nSPS) is 10.7. The first-order chi connectivity index (χ1) is 14.7. The number of rotatable bonds is 7. The van der Waals surface area contributed by atoms with Crippen LogP contribution in [0.15, 0.2) is 49.1 Å². The van der Waals surface area contributed by atoms with E-state index in [1.54, 1.807) is 48.5 Å². The van der Waals surface area contributed by atoms with Crippen LogP contribution in [0.4, 0.5) is 17.5 Å². The molecule has 0 fully saturated rings. The Kier molecular flexibility index (Phi) is 5.70. The molecule has 2 N–H and O–H groups in total. The fourth-order valence-electron chi connectivity index (χ4n) is 2.92. The van der Waals surface area contributed by atoms with Crippen LogP contribution < -0.4 is 10.6 Å². The maximum atomic E-state index is 9.46. The highest BCUT2D eigenvalue weighted by Crippen LogP contribution is 2.28. The molecule has 0 atom stereocenters. The standard InChI is InChI=1S/C20H17ClN8O/c1-30-6-5-23-17-8-19(26-12-25-17)28-18-7-16-14(10-24-18)11-27-29(16)20-13(9-22)3-2-4-15(20)21/h2-4,7-8,10-12H,5-6H2,1H3,(H2,23,24,25,26,28). The molecule has 0 aliphatic carbocycles. The SMILES string of the molecule is COCCNc1cc(Nc2cc3c(cn2)cnn3-c2c(Cl)cccc2C#N)ncn1. The van der Waals surface area contributed by atoms with E-state index in [0.717, 1.165) is 10.9 Å². The lowest BCUT2D eigenvalue weighted by atomic mass is 10.2. The van der Waals surface area contributed by atoms with Crippen LogP contribution in [0.2, 0.25) is 5.02 Å². The highest BCUT2D eigenvalue weighted by molar-refractivity contribution is 6.32. The quantitative estimate of drug-likeness (QED) is 0.436. The zero-order valence-electron chi connectivity index (χ0n) is 16.0. The number of methoxy groups -OCH3 is 1. The number of ether oxygens (including phenoxy) is 1. The highest BCUT2D eigenvalue weighted by atomic mass is 35.5. The molecule has 150 valence electrons. The molecule has 0 saturated carbocycles. The number of anilines is 3. The zero-order chi connectivity index (χ0) is 20.9. The summed E-state index contributed by atoms with van der Waals surface area (Å²) < 4.78 is 6.67. The first-order valence-electron chi connectivity index (χ1n) is 9.04. The number of nitrogens with zero attached hydrogens (tertiary/aromatic N) is 6. The van der Waals surface area contributed by atoms with Crippen LogP contribution in [0.1, 0.15) is 5.56 Å². The van der Waals surface area contributed by atoms with Crippen LogP contribution >= 0.6 is 11.6 Å². The Bertz CT molecular complexity index is 1230. The van der Waals surface area contributed by atoms with Gasteiger partial charge in [0.1, 0.15) is 35.5 Å². The van der Waals surface area contributed by atoms with Crippen molar-refractivity contribution in [1.82, 2.24) is 24.7 Å². The van der Waals surface area contributed by atoms with Gasteiger partial charge in [-0.15, -0.1) is 0 Å². The Balaban J connectivity index is 1.66. The Hall–Kier alpha value is -3.74. The van der Waals surface area contributed by atoms with Gasteiger partial charge in [0.15, 0.2) is 0 Å². The van der Waals surface area contributed by atoms with Gasteiger partial charge in [0.25, 0.3) is 0 Å². The Morgan fingerprint density at radius 3 is 2.80 bits per heavy atom. The van der Waals surface area contributed by atoms with Crippen LogP contribution in [0.25, 0.3) is 16.6 Å². The molecule has 4 rings (SSSR count). The smallest absolute Gasteiger partial charge is 0.137 e. The maximum Gasteiger partial charge on any atom is 0.137 e. The molecule has 0 saturated heterocycles. The van der Waals surface area contributed by atoms with Gasteiger partial charge in [-0.25, -0.2) is 19.6 Å². The number of pyridine rings is 1. The molecule has 0 aliphatic heterocycles. The average molecular weight is 421 g/mol. The number of fused-ring (bicyclic) bond motifs is 1. The molecule has 3 heterocycles. The molecular weight excluding hydrogens is 404 g/mol. The molecule has 4 aromatic rings. The number of halogens is 1. The van der Waals surface area contributed by atoms with Crippen molar-refractivity contribution in [3.63, 3.8) is 0 Å². The van der Waals surface area contributed by atoms with Crippen molar-refractivity contribution in [3.05, 3.63) is 59.6 Å². The van der Waals surface area contributed by atoms with Crippen molar-refractivity contribution in [2.75, 3.05) is 30.9 Å². The van der Waals surface area contributed by atoms with Crippen molar-refractivity contribution < 1.29 is 4.74 Å². The van der Waals surface area contributed by atoms with E-state index in [-0.39, 0.29) is 0 Å². The summed E-state index contributed by atoms with van der Waals surface area (Å²) in [6.45, 7) is 1.21. The third-order valence-electron chi connectivity index (χ3n) is 4.31. The fraction of sp³-hybridized carbons (Fsp3) is 0.150. The van der Waals surface area contributed by atoms with Gasteiger partial charge in [0.05, 0.1) is 28.9 Å². The lowest BCUT2D eigenvalue weighted by molar-refractivity contribution is 0.210. The predicted octanol–water partition coefficient (Wildman–Crippen LogP) is 3.54. The van der Waals surface area contributed by atoms with Crippen LogP contribution in [-0.4, -0.2) is 45.0 Å². The predicted molar refractivity (Wildman–Crippen MR) is 114 cm³/mol. The van der Waals surface area contributed by atoms with Crippen molar-refractivity contribution in [2.45, 2.75) is 0 Å². The summed E-state index contributed by atoms with van der Waals surface area (Å²) in [7, 11) is 1.64.